The van der Waals surface area contributed by atoms with Gasteiger partial charge in [0.25, 0.3) is 0 Å². The van der Waals surface area contributed by atoms with Crippen molar-refractivity contribution < 1.29 is 4.74 Å². The Bertz CT molecular complexity index is 318. The molecule has 2 N–H and O–H groups in total. The van der Waals surface area contributed by atoms with Crippen LogP contribution in [0, 0.1) is 6.92 Å². The van der Waals surface area contributed by atoms with Gasteiger partial charge in [0.05, 0.1) is 7.11 Å². The van der Waals surface area contributed by atoms with Crippen molar-refractivity contribution in [1.82, 2.24) is 0 Å². The molecular formula is C12H19NO. The molecule has 1 aromatic rings. The summed E-state index contributed by atoms with van der Waals surface area (Å²) in [5.74, 6) is 0.931. The summed E-state index contributed by atoms with van der Waals surface area (Å²) in [5.41, 5.74) is 8.19. The highest BCUT2D eigenvalue weighted by Gasteiger charge is 2.24. The summed E-state index contributed by atoms with van der Waals surface area (Å²) in [6.07, 6.45) is 0. The van der Waals surface area contributed by atoms with Crippen LogP contribution in [0.4, 0.5) is 0 Å². The molecule has 0 bridgehead atoms. The first kappa shape index (κ1) is 11.1. The lowest BCUT2D eigenvalue weighted by Crippen LogP contribution is -2.29. The predicted octanol–water partition coefficient (Wildman–Crippen LogP) is 2.24. The summed E-state index contributed by atoms with van der Waals surface area (Å²) in [6, 6.07) is 6.08. The van der Waals surface area contributed by atoms with Crippen LogP contribution >= 0.6 is 0 Å². The summed E-state index contributed by atoms with van der Waals surface area (Å²) < 4.78 is 5.36. The van der Waals surface area contributed by atoms with Crippen molar-refractivity contribution >= 4 is 0 Å². The molecule has 0 aliphatic carbocycles. The number of aryl methyl sites for hydroxylation is 1. The molecule has 0 fully saturated rings. The molecule has 2 heteroatoms. The molecule has 0 heterocycles. The van der Waals surface area contributed by atoms with Crippen molar-refractivity contribution in [2.75, 3.05) is 13.7 Å². The van der Waals surface area contributed by atoms with Crippen molar-refractivity contribution in [3.8, 4) is 5.75 Å². The van der Waals surface area contributed by atoms with E-state index in [4.69, 9.17) is 10.5 Å². The van der Waals surface area contributed by atoms with Crippen LogP contribution in [0.25, 0.3) is 0 Å². The van der Waals surface area contributed by atoms with E-state index >= 15 is 0 Å². The van der Waals surface area contributed by atoms with Gasteiger partial charge in [-0.3, -0.25) is 0 Å². The topological polar surface area (TPSA) is 35.2 Å². The van der Waals surface area contributed by atoms with Gasteiger partial charge in [-0.1, -0.05) is 26.0 Å². The third kappa shape index (κ3) is 1.90. The number of hydrogen-bond acceptors (Lipinski definition) is 2. The maximum atomic E-state index is 5.78. The SMILES string of the molecule is COc1cccc(C)c1C(C)(C)CN. The van der Waals surface area contributed by atoms with E-state index in [9.17, 15) is 0 Å². The first-order chi connectivity index (χ1) is 6.53. The molecule has 1 rings (SSSR count). The van der Waals surface area contributed by atoms with E-state index < -0.39 is 0 Å². The number of benzene rings is 1. The Labute approximate surface area is 86.1 Å². The molecule has 14 heavy (non-hydrogen) atoms. The van der Waals surface area contributed by atoms with Crippen LogP contribution < -0.4 is 10.5 Å². The summed E-state index contributed by atoms with van der Waals surface area (Å²) in [5, 5.41) is 0. The molecule has 0 amide bonds. The third-order valence-corrected chi connectivity index (χ3v) is 2.64. The molecule has 0 aromatic heterocycles. The van der Waals surface area contributed by atoms with E-state index in [1.807, 2.05) is 12.1 Å². The molecule has 78 valence electrons. The number of rotatable bonds is 3. The molecule has 0 aliphatic rings. The highest BCUT2D eigenvalue weighted by atomic mass is 16.5. The normalized spacial score (nSPS) is 11.5. The van der Waals surface area contributed by atoms with Gasteiger partial charge in [-0.2, -0.15) is 0 Å². The Balaban J connectivity index is 3.30. The standard InChI is InChI=1S/C12H19NO/c1-9-6-5-7-10(14-4)11(9)12(2,3)8-13/h5-7H,8,13H2,1-4H3. The zero-order valence-electron chi connectivity index (χ0n) is 9.42. The first-order valence-electron chi connectivity index (χ1n) is 4.87. The number of hydrogen-bond donors (Lipinski definition) is 1. The van der Waals surface area contributed by atoms with E-state index in [1.54, 1.807) is 7.11 Å². The lowest BCUT2D eigenvalue weighted by atomic mass is 9.81. The highest BCUT2D eigenvalue weighted by molar-refractivity contribution is 5.44. The van der Waals surface area contributed by atoms with Crippen LogP contribution in [0.1, 0.15) is 25.0 Å². The van der Waals surface area contributed by atoms with Crippen LogP contribution in [0.5, 0.6) is 5.75 Å². The average molecular weight is 193 g/mol. The molecule has 0 atom stereocenters. The molecule has 2 nitrogen and oxygen atoms in total. The van der Waals surface area contributed by atoms with Gasteiger partial charge in [0.2, 0.25) is 0 Å². The zero-order valence-corrected chi connectivity index (χ0v) is 9.42. The van der Waals surface area contributed by atoms with Gasteiger partial charge in [0, 0.05) is 17.5 Å². The maximum Gasteiger partial charge on any atom is 0.122 e. The summed E-state index contributed by atoms with van der Waals surface area (Å²) in [6.45, 7) is 6.99. The molecule has 0 saturated heterocycles. The van der Waals surface area contributed by atoms with E-state index in [0.29, 0.717) is 6.54 Å². The summed E-state index contributed by atoms with van der Waals surface area (Å²) >= 11 is 0. The van der Waals surface area contributed by atoms with E-state index in [1.165, 1.54) is 11.1 Å². The fourth-order valence-corrected chi connectivity index (χ4v) is 1.78. The Kier molecular flexibility index (Phi) is 3.17. The van der Waals surface area contributed by atoms with Crippen LogP contribution in [-0.2, 0) is 5.41 Å². The second-order valence-electron chi connectivity index (χ2n) is 4.24. The van der Waals surface area contributed by atoms with E-state index in [2.05, 4.69) is 26.8 Å². The Hall–Kier alpha value is -1.02. The van der Waals surface area contributed by atoms with Crippen LogP contribution in [0.15, 0.2) is 18.2 Å². The largest absolute Gasteiger partial charge is 0.496 e. The van der Waals surface area contributed by atoms with Crippen LogP contribution in [0.3, 0.4) is 0 Å². The van der Waals surface area contributed by atoms with Crippen molar-refractivity contribution in [3.05, 3.63) is 29.3 Å². The molecule has 1 aromatic carbocycles. The lowest BCUT2D eigenvalue weighted by molar-refractivity contribution is 0.392. The Morgan fingerprint density at radius 3 is 2.50 bits per heavy atom. The molecule has 0 radical (unpaired) electrons. The van der Waals surface area contributed by atoms with Crippen LogP contribution in [-0.4, -0.2) is 13.7 Å². The van der Waals surface area contributed by atoms with Gasteiger partial charge >= 0.3 is 0 Å². The fourth-order valence-electron chi connectivity index (χ4n) is 1.78. The third-order valence-electron chi connectivity index (χ3n) is 2.64. The molecule has 0 spiro atoms. The zero-order chi connectivity index (χ0) is 10.8. The van der Waals surface area contributed by atoms with Gasteiger partial charge in [0.1, 0.15) is 5.75 Å². The monoisotopic (exact) mass is 193 g/mol. The summed E-state index contributed by atoms with van der Waals surface area (Å²) in [7, 11) is 1.70. The minimum absolute atomic E-state index is 0.0311. The van der Waals surface area contributed by atoms with Crippen molar-refractivity contribution in [2.24, 2.45) is 5.73 Å². The minimum atomic E-state index is -0.0311. The lowest BCUT2D eigenvalue weighted by Gasteiger charge is -2.27. The first-order valence-corrected chi connectivity index (χ1v) is 4.87. The molecule has 0 saturated carbocycles. The minimum Gasteiger partial charge on any atom is -0.496 e. The van der Waals surface area contributed by atoms with Gasteiger partial charge < -0.3 is 10.5 Å². The number of ether oxygens (including phenoxy) is 1. The fraction of sp³-hybridized carbons (Fsp3) is 0.500. The number of nitrogens with two attached hydrogens (primary N) is 1. The quantitative estimate of drug-likeness (QED) is 0.799. The molecule has 0 aliphatic heterocycles. The summed E-state index contributed by atoms with van der Waals surface area (Å²) in [4.78, 5) is 0. The van der Waals surface area contributed by atoms with Gasteiger partial charge in [0.15, 0.2) is 0 Å². The molecule has 0 unspecified atom stereocenters. The van der Waals surface area contributed by atoms with Gasteiger partial charge in [-0.05, 0) is 18.6 Å². The van der Waals surface area contributed by atoms with E-state index in [0.717, 1.165) is 5.75 Å². The smallest absolute Gasteiger partial charge is 0.122 e. The van der Waals surface area contributed by atoms with Gasteiger partial charge in [-0.15, -0.1) is 0 Å². The maximum absolute atomic E-state index is 5.78. The Morgan fingerprint density at radius 1 is 1.36 bits per heavy atom. The van der Waals surface area contributed by atoms with Gasteiger partial charge in [-0.25, -0.2) is 0 Å². The van der Waals surface area contributed by atoms with Crippen molar-refractivity contribution in [2.45, 2.75) is 26.2 Å². The highest BCUT2D eigenvalue weighted by Crippen LogP contribution is 2.33. The number of methoxy groups -OCH3 is 1. The Morgan fingerprint density at radius 2 is 2.00 bits per heavy atom. The van der Waals surface area contributed by atoms with Crippen LogP contribution in [0.2, 0.25) is 0 Å². The molecular weight excluding hydrogens is 174 g/mol. The average Bonchev–Trinajstić information content (AvgIpc) is 2.17. The van der Waals surface area contributed by atoms with Crippen molar-refractivity contribution in [1.29, 1.82) is 0 Å². The second kappa shape index (κ2) is 4.01. The van der Waals surface area contributed by atoms with Crippen molar-refractivity contribution in [3.63, 3.8) is 0 Å². The second-order valence-corrected chi connectivity index (χ2v) is 4.24. The van der Waals surface area contributed by atoms with E-state index in [-0.39, 0.29) is 5.41 Å². The predicted molar refractivity (Wildman–Crippen MR) is 59.8 cm³/mol.